The van der Waals surface area contributed by atoms with Crippen LogP contribution in [0.15, 0.2) is 0 Å². The van der Waals surface area contributed by atoms with Crippen LogP contribution in [-0.4, -0.2) is 34.8 Å². The van der Waals surface area contributed by atoms with E-state index in [0.29, 0.717) is 11.8 Å². The van der Waals surface area contributed by atoms with E-state index in [1.807, 2.05) is 11.8 Å². The average molecular weight is 292 g/mol. The molecule has 0 bridgehead atoms. The largest absolute Gasteiger partial charge is 0.340 e. The molecule has 2 saturated carbocycles. The topological polar surface area (TPSA) is 49.4 Å². The van der Waals surface area contributed by atoms with E-state index in [4.69, 9.17) is 0 Å². The molecule has 4 heteroatoms. The van der Waals surface area contributed by atoms with Gasteiger partial charge < -0.3 is 10.2 Å². The number of carbonyl (C=O) groups excluding carboxylic acids is 2. The molecular formula is C17H28N2O2. The van der Waals surface area contributed by atoms with Gasteiger partial charge in [-0.3, -0.25) is 9.59 Å². The molecule has 0 aromatic heterocycles. The zero-order valence-electron chi connectivity index (χ0n) is 13.4. The monoisotopic (exact) mass is 292 g/mol. The van der Waals surface area contributed by atoms with Crippen molar-refractivity contribution in [2.24, 2.45) is 11.8 Å². The number of hydrogen-bond donors (Lipinski definition) is 1. The number of carbonyl (C=O) groups is 2. The van der Waals surface area contributed by atoms with Gasteiger partial charge in [0.05, 0.1) is 0 Å². The second-order valence-corrected chi connectivity index (χ2v) is 7.38. The van der Waals surface area contributed by atoms with Crippen molar-refractivity contribution in [3.8, 4) is 0 Å². The summed E-state index contributed by atoms with van der Waals surface area (Å²) in [6, 6.07) is -0.241. The first-order chi connectivity index (χ1) is 10.1. The molecule has 2 unspecified atom stereocenters. The standard InChI is InChI=1S/C17H28N2O2/c1-3-6-14-15(20)18-17(2,13-9-10-13)16(21)19(14)11-12-7-4-5-8-12/h12-14H,3-11H2,1-2H3,(H,18,20). The minimum Gasteiger partial charge on any atom is -0.340 e. The molecule has 2 aliphatic carbocycles. The van der Waals surface area contributed by atoms with Crippen LogP contribution in [0.1, 0.15) is 65.2 Å². The summed E-state index contributed by atoms with van der Waals surface area (Å²) < 4.78 is 0. The molecule has 3 fully saturated rings. The number of amides is 2. The molecule has 118 valence electrons. The summed E-state index contributed by atoms with van der Waals surface area (Å²) in [5, 5.41) is 3.06. The van der Waals surface area contributed by atoms with Gasteiger partial charge in [-0.2, -0.15) is 0 Å². The van der Waals surface area contributed by atoms with Crippen LogP contribution in [0.5, 0.6) is 0 Å². The third-order valence-corrected chi connectivity index (χ3v) is 5.65. The summed E-state index contributed by atoms with van der Waals surface area (Å²) in [7, 11) is 0. The van der Waals surface area contributed by atoms with Crippen LogP contribution in [0.3, 0.4) is 0 Å². The lowest BCUT2D eigenvalue weighted by atomic mass is 9.87. The number of hydrogen-bond acceptors (Lipinski definition) is 2. The first kappa shape index (κ1) is 14.9. The van der Waals surface area contributed by atoms with Crippen LogP contribution in [0.25, 0.3) is 0 Å². The predicted octanol–water partition coefficient (Wildman–Crippen LogP) is 2.47. The van der Waals surface area contributed by atoms with E-state index in [0.717, 1.165) is 32.2 Å². The van der Waals surface area contributed by atoms with E-state index in [-0.39, 0.29) is 17.9 Å². The molecule has 3 aliphatic rings. The van der Waals surface area contributed by atoms with Crippen LogP contribution in [0.4, 0.5) is 0 Å². The van der Waals surface area contributed by atoms with Crippen molar-refractivity contribution in [1.82, 2.24) is 10.2 Å². The van der Waals surface area contributed by atoms with Crippen LogP contribution in [0.2, 0.25) is 0 Å². The first-order valence-corrected chi connectivity index (χ1v) is 8.69. The van der Waals surface area contributed by atoms with Gasteiger partial charge in [0, 0.05) is 6.54 Å². The zero-order chi connectivity index (χ0) is 15.0. The molecule has 3 rings (SSSR count). The minimum absolute atomic E-state index is 0.0730. The van der Waals surface area contributed by atoms with E-state index in [1.165, 1.54) is 25.7 Å². The van der Waals surface area contributed by atoms with Gasteiger partial charge in [-0.05, 0) is 50.9 Å². The van der Waals surface area contributed by atoms with E-state index < -0.39 is 5.54 Å². The van der Waals surface area contributed by atoms with Gasteiger partial charge in [-0.25, -0.2) is 0 Å². The van der Waals surface area contributed by atoms with Gasteiger partial charge >= 0.3 is 0 Å². The van der Waals surface area contributed by atoms with Gasteiger partial charge in [0.15, 0.2) is 0 Å². The maximum absolute atomic E-state index is 13.1. The summed E-state index contributed by atoms with van der Waals surface area (Å²) in [5.41, 5.74) is -0.639. The summed E-state index contributed by atoms with van der Waals surface area (Å²) in [4.78, 5) is 27.6. The quantitative estimate of drug-likeness (QED) is 0.846. The van der Waals surface area contributed by atoms with Crippen LogP contribution in [-0.2, 0) is 9.59 Å². The molecule has 1 N–H and O–H groups in total. The Kier molecular flexibility index (Phi) is 3.98. The van der Waals surface area contributed by atoms with Gasteiger partial charge in [-0.15, -0.1) is 0 Å². The van der Waals surface area contributed by atoms with Crippen molar-refractivity contribution in [2.45, 2.75) is 76.8 Å². The highest BCUT2D eigenvalue weighted by Crippen LogP contribution is 2.43. The highest BCUT2D eigenvalue weighted by atomic mass is 16.2. The fourth-order valence-corrected chi connectivity index (χ4v) is 4.15. The van der Waals surface area contributed by atoms with Crippen molar-refractivity contribution in [3.63, 3.8) is 0 Å². The van der Waals surface area contributed by atoms with E-state index >= 15 is 0 Å². The number of nitrogens with zero attached hydrogens (tertiary/aromatic N) is 1. The number of nitrogens with one attached hydrogen (secondary N) is 1. The average Bonchev–Trinajstić information content (AvgIpc) is 3.19. The normalized spacial score (nSPS) is 34.4. The Morgan fingerprint density at radius 2 is 1.86 bits per heavy atom. The van der Waals surface area contributed by atoms with Crippen molar-refractivity contribution in [3.05, 3.63) is 0 Å². The molecule has 1 heterocycles. The highest BCUT2D eigenvalue weighted by molar-refractivity contribution is 6.00. The molecular weight excluding hydrogens is 264 g/mol. The number of piperazine rings is 1. The molecule has 2 amide bonds. The summed E-state index contributed by atoms with van der Waals surface area (Å²) in [6.07, 6.45) is 8.83. The third-order valence-electron chi connectivity index (χ3n) is 5.65. The highest BCUT2D eigenvalue weighted by Gasteiger charge is 2.55. The Morgan fingerprint density at radius 1 is 1.19 bits per heavy atom. The number of rotatable bonds is 5. The van der Waals surface area contributed by atoms with E-state index in [2.05, 4.69) is 12.2 Å². The molecule has 0 aromatic rings. The molecule has 2 atom stereocenters. The fraction of sp³-hybridized carbons (Fsp3) is 0.882. The third kappa shape index (κ3) is 2.69. The molecule has 0 aromatic carbocycles. The van der Waals surface area contributed by atoms with Crippen LogP contribution < -0.4 is 5.32 Å². The molecule has 4 nitrogen and oxygen atoms in total. The van der Waals surface area contributed by atoms with E-state index in [9.17, 15) is 9.59 Å². The van der Waals surface area contributed by atoms with Crippen molar-refractivity contribution >= 4 is 11.8 Å². The van der Waals surface area contributed by atoms with Gasteiger partial charge in [0.25, 0.3) is 0 Å². The second-order valence-electron chi connectivity index (χ2n) is 7.38. The lowest BCUT2D eigenvalue weighted by Crippen LogP contribution is -2.70. The van der Waals surface area contributed by atoms with E-state index in [1.54, 1.807) is 0 Å². The Morgan fingerprint density at radius 3 is 2.43 bits per heavy atom. The van der Waals surface area contributed by atoms with Crippen molar-refractivity contribution in [2.75, 3.05) is 6.54 Å². The Labute approximate surface area is 127 Å². The SMILES string of the molecule is CCCC1C(=O)NC(C)(C2CC2)C(=O)N1CC1CCCC1. The van der Waals surface area contributed by atoms with Gasteiger partial charge in [-0.1, -0.05) is 26.2 Å². The van der Waals surface area contributed by atoms with Crippen molar-refractivity contribution in [1.29, 1.82) is 0 Å². The predicted molar refractivity (Wildman–Crippen MR) is 81.6 cm³/mol. The Balaban J connectivity index is 1.81. The Hall–Kier alpha value is -1.06. The van der Waals surface area contributed by atoms with Crippen LogP contribution >= 0.6 is 0 Å². The molecule has 1 aliphatic heterocycles. The fourth-order valence-electron chi connectivity index (χ4n) is 4.15. The lowest BCUT2D eigenvalue weighted by molar-refractivity contribution is -0.156. The zero-order valence-corrected chi connectivity index (χ0v) is 13.4. The summed E-state index contributed by atoms with van der Waals surface area (Å²) in [5.74, 6) is 1.20. The summed E-state index contributed by atoms with van der Waals surface area (Å²) in [6.45, 7) is 4.81. The molecule has 0 radical (unpaired) electrons. The second kappa shape index (κ2) is 5.62. The molecule has 1 saturated heterocycles. The van der Waals surface area contributed by atoms with Gasteiger partial charge in [0.2, 0.25) is 11.8 Å². The maximum Gasteiger partial charge on any atom is 0.249 e. The lowest BCUT2D eigenvalue weighted by Gasteiger charge is -2.45. The molecule has 0 spiro atoms. The van der Waals surface area contributed by atoms with Crippen molar-refractivity contribution < 1.29 is 9.59 Å². The molecule has 21 heavy (non-hydrogen) atoms. The van der Waals surface area contributed by atoms with Crippen LogP contribution in [0, 0.1) is 11.8 Å². The first-order valence-electron chi connectivity index (χ1n) is 8.69. The smallest absolute Gasteiger partial charge is 0.249 e. The maximum atomic E-state index is 13.1. The minimum atomic E-state index is -0.639. The Bertz CT molecular complexity index is 427. The summed E-state index contributed by atoms with van der Waals surface area (Å²) >= 11 is 0. The van der Waals surface area contributed by atoms with Gasteiger partial charge in [0.1, 0.15) is 11.6 Å².